The third-order valence-electron chi connectivity index (χ3n) is 3.09. The summed E-state index contributed by atoms with van der Waals surface area (Å²) < 4.78 is 14.0. The van der Waals surface area contributed by atoms with E-state index < -0.39 is 0 Å². The molecule has 0 heterocycles. The Labute approximate surface area is 124 Å². The lowest BCUT2D eigenvalue weighted by Gasteiger charge is -2.21. The van der Waals surface area contributed by atoms with Crippen LogP contribution < -0.4 is 5.32 Å². The molecule has 1 N–H and O–H groups in total. The lowest BCUT2D eigenvalue weighted by atomic mass is 10.0. The lowest BCUT2D eigenvalue weighted by Crippen LogP contribution is -2.34. The fourth-order valence-electron chi connectivity index (χ4n) is 1.99. The van der Waals surface area contributed by atoms with Gasteiger partial charge in [0.2, 0.25) is 0 Å². The average molecular weight is 331 g/mol. The maximum atomic E-state index is 13.1. The molecule has 2 nitrogen and oxygen atoms in total. The van der Waals surface area contributed by atoms with Crippen molar-refractivity contribution in [1.29, 1.82) is 0 Å². The predicted octanol–water partition coefficient (Wildman–Crippen LogP) is 3.45. The van der Waals surface area contributed by atoms with Gasteiger partial charge in [0.25, 0.3) is 0 Å². The molecule has 0 aromatic heterocycles. The zero-order valence-electron chi connectivity index (χ0n) is 12.0. The maximum absolute atomic E-state index is 13.1. The molecule has 0 aliphatic carbocycles. The van der Waals surface area contributed by atoms with E-state index in [1.807, 2.05) is 6.07 Å². The summed E-state index contributed by atoms with van der Waals surface area (Å²) in [4.78, 5) is 2.19. The number of hydrogen-bond donors (Lipinski definition) is 1. The van der Waals surface area contributed by atoms with E-state index in [1.165, 1.54) is 12.1 Å². The van der Waals surface area contributed by atoms with Gasteiger partial charge in [0, 0.05) is 10.5 Å². The SMILES string of the molecule is CCCNC(CCN(C)C)Cc1ccc(F)cc1Br. The van der Waals surface area contributed by atoms with Gasteiger partial charge in [-0.25, -0.2) is 4.39 Å². The van der Waals surface area contributed by atoms with Gasteiger partial charge in [-0.05, 0) is 64.1 Å². The molecule has 4 heteroatoms. The molecule has 0 aliphatic rings. The number of nitrogens with zero attached hydrogens (tertiary/aromatic N) is 1. The highest BCUT2D eigenvalue weighted by Crippen LogP contribution is 2.20. The van der Waals surface area contributed by atoms with Crippen molar-refractivity contribution in [3.8, 4) is 0 Å². The Morgan fingerprint density at radius 2 is 2.11 bits per heavy atom. The van der Waals surface area contributed by atoms with Crippen molar-refractivity contribution in [2.45, 2.75) is 32.2 Å². The number of benzene rings is 1. The highest BCUT2D eigenvalue weighted by Gasteiger charge is 2.11. The Morgan fingerprint density at radius 1 is 1.37 bits per heavy atom. The molecule has 1 atom stereocenters. The van der Waals surface area contributed by atoms with Gasteiger partial charge < -0.3 is 10.2 Å². The molecule has 1 unspecified atom stereocenters. The molecule has 0 fully saturated rings. The quantitative estimate of drug-likeness (QED) is 0.785. The number of hydrogen-bond acceptors (Lipinski definition) is 2. The molecular weight excluding hydrogens is 307 g/mol. The van der Waals surface area contributed by atoms with Crippen molar-refractivity contribution in [1.82, 2.24) is 10.2 Å². The standard InChI is InChI=1S/C15H24BrFN2/c1-4-8-18-14(7-9-19(2)3)10-12-5-6-13(17)11-15(12)16/h5-6,11,14,18H,4,7-10H2,1-3H3. The van der Waals surface area contributed by atoms with E-state index in [0.29, 0.717) is 6.04 Å². The van der Waals surface area contributed by atoms with Crippen LogP contribution in [0, 0.1) is 5.82 Å². The van der Waals surface area contributed by atoms with Crippen LogP contribution in [0.5, 0.6) is 0 Å². The van der Waals surface area contributed by atoms with E-state index in [4.69, 9.17) is 0 Å². The number of rotatable bonds is 8. The summed E-state index contributed by atoms with van der Waals surface area (Å²) in [5, 5.41) is 3.57. The van der Waals surface area contributed by atoms with Crippen LogP contribution >= 0.6 is 15.9 Å². The van der Waals surface area contributed by atoms with Gasteiger partial charge in [-0.15, -0.1) is 0 Å². The highest BCUT2D eigenvalue weighted by atomic mass is 79.9. The summed E-state index contributed by atoms with van der Waals surface area (Å²) in [7, 11) is 4.18. The molecule has 19 heavy (non-hydrogen) atoms. The Hall–Kier alpha value is -0.450. The summed E-state index contributed by atoms with van der Waals surface area (Å²) in [6.07, 6.45) is 3.15. The molecule has 0 spiro atoms. The Balaban J connectivity index is 2.63. The van der Waals surface area contributed by atoms with Crippen LogP contribution in [-0.2, 0) is 6.42 Å². The zero-order chi connectivity index (χ0) is 14.3. The molecule has 0 bridgehead atoms. The fraction of sp³-hybridized carbons (Fsp3) is 0.600. The highest BCUT2D eigenvalue weighted by molar-refractivity contribution is 9.10. The first-order valence-electron chi connectivity index (χ1n) is 6.85. The van der Waals surface area contributed by atoms with Crippen LogP contribution in [0.4, 0.5) is 4.39 Å². The van der Waals surface area contributed by atoms with Crippen molar-refractivity contribution in [3.05, 3.63) is 34.1 Å². The minimum Gasteiger partial charge on any atom is -0.314 e. The molecule has 0 aliphatic heterocycles. The van der Waals surface area contributed by atoms with Gasteiger partial charge in [0.1, 0.15) is 5.82 Å². The van der Waals surface area contributed by atoms with Crippen LogP contribution in [0.25, 0.3) is 0 Å². The van der Waals surface area contributed by atoms with Crippen LogP contribution in [0.1, 0.15) is 25.3 Å². The summed E-state index contributed by atoms with van der Waals surface area (Å²) in [6.45, 7) is 4.25. The van der Waals surface area contributed by atoms with E-state index in [2.05, 4.69) is 47.2 Å². The van der Waals surface area contributed by atoms with E-state index >= 15 is 0 Å². The Morgan fingerprint density at radius 3 is 2.68 bits per heavy atom. The topological polar surface area (TPSA) is 15.3 Å². The van der Waals surface area contributed by atoms with E-state index in [1.54, 1.807) is 0 Å². The van der Waals surface area contributed by atoms with Gasteiger partial charge in [0.15, 0.2) is 0 Å². The summed E-state index contributed by atoms with van der Waals surface area (Å²) in [5.41, 5.74) is 1.16. The van der Waals surface area contributed by atoms with Crippen LogP contribution in [0.15, 0.2) is 22.7 Å². The molecule has 0 radical (unpaired) electrons. The summed E-state index contributed by atoms with van der Waals surface area (Å²) in [6, 6.07) is 5.38. The minimum absolute atomic E-state index is 0.193. The first-order chi connectivity index (χ1) is 9.02. The molecule has 0 saturated heterocycles. The van der Waals surface area contributed by atoms with Gasteiger partial charge in [-0.1, -0.05) is 28.9 Å². The molecular formula is C15H24BrFN2. The number of halogens is 2. The van der Waals surface area contributed by atoms with Crippen molar-refractivity contribution in [2.24, 2.45) is 0 Å². The third-order valence-corrected chi connectivity index (χ3v) is 3.83. The average Bonchev–Trinajstić information content (AvgIpc) is 2.35. The Bertz CT molecular complexity index is 382. The third kappa shape index (κ3) is 6.50. The van der Waals surface area contributed by atoms with Crippen molar-refractivity contribution in [2.75, 3.05) is 27.2 Å². The second-order valence-electron chi connectivity index (χ2n) is 5.18. The van der Waals surface area contributed by atoms with Crippen molar-refractivity contribution >= 4 is 15.9 Å². The second-order valence-corrected chi connectivity index (χ2v) is 6.04. The van der Waals surface area contributed by atoms with Crippen LogP contribution in [0.2, 0.25) is 0 Å². The summed E-state index contributed by atoms with van der Waals surface area (Å²) >= 11 is 3.45. The Kier molecular flexibility index (Phi) is 7.57. The molecule has 108 valence electrons. The van der Waals surface area contributed by atoms with Gasteiger partial charge in [-0.2, -0.15) is 0 Å². The smallest absolute Gasteiger partial charge is 0.124 e. The molecule has 1 aromatic rings. The monoisotopic (exact) mass is 330 g/mol. The minimum atomic E-state index is -0.193. The van der Waals surface area contributed by atoms with Crippen LogP contribution in [-0.4, -0.2) is 38.1 Å². The fourth-order valence-corrected chi connectivity index (χ4v) is 2.50. The summed E-state index contributed by atoms with van der Waals surface area (Å²) in [5.74, 6) is -0.193. The van der Waals surface area contributed by atoms with Gasteiger partial charge in [-0.3, -0.25) is 0 Å². The largest absolute Gasteiger partial charge is 0.314 e. The van der Waals surface area contributed by atoms with Gasteiger partial charge in [0.05, 0.1) is 0 Å². The van der Waals surface area contributed by atoms with E-state index in [-0.39, 0.29) is 5.82 Å². The second kappa shape index (κ2) is 8.67. The zero-order valence-corrected chi connectivity index (χ0v) is 13.6. The first-order valence-corrected chi connectivity index (χ1v) is 7.64. The van der Waals surface area contributed by atoms with Crippen molar-refractivity contribution < 1.29 is 4.39 Å². The molecule has 1 aromatic carbocycles. The van der Waals surface area contributed by atoms with Crippen LogP contribution in [0.3, 0.4) is 0 Å². The van der Waals surface area contributed by atoms with E-state index in [9.17, 15) is 4.39 Å². The molecule has 0 amide bonds. The van der Waals surface area contributed by atoms with E-state index in [0.717, 1.165) is 42.4 Å². The maximum Gasteiger partial charge on any atom is 0.124 e. The normalized spacial score (nSPS) is 12.9. The lowest BCUT2D eigenvalue weighted by molar-refractivity contribution is 0.356. The van der Waals surface area contributed by atoms with Gasteiger partial charge >= 0.3 is 0 Å². The first kappa shape index (κ1) is 16.6. The molecule has 0 saturated carbocycles. The van der Waals surface area contributed by atoms with Crippen molar-refractivity contribution in [3.63, 3.8) is 0 Å². The predicted molar refractivity (Wildman–Crippen MR) is 83.1 cm³/mol. The number of nitrogens with one attached hydrogen (secondary N) is 1. The molecule has 1 rings (SSSR count).